The Bertz CT molecular complexity index is 707. The number of aliphatic hydroxyl groups is 1. The van der Waals surface area contributed by atoms with Crippen molar-refractivity contribution in [2.45, 2.75) is 18.5 Å². The van der Waals surface area contributed by atoms with Crippen LogP contribution >= 0.6 is 0 Å². The molecule has 1 saturated heterocycles. The molecule has 128 valence electrons. The normalized spacial score (nSPS) is 19.9. The van der Waals surface area contributed by atoms with Crippen molar-refractivity contribution in [2.24, 2.45) is 0 Å². The summed E-state index contributed by atoms with van der Waals surface area (Å²) in [6.07, 6.45) is 0.624. The molecule has 4 nitrogen and oxygen atoms in total. The average molecular weight is 345 g/mol. The molecule has 1 aliphatic heterocycles. The molecule has 3 rings (SSSR count). The zero-order valence-corrected chi connectivity index (χ0v) is 14.4. The summed E-state index contributed by atoms with van der Waals surface area (Å²) in [6, 6.07) is 20.0. The molecule has 1 heterocycles. The summed E-state index contributed by atoms with van der Waals surface area (Å²) in [7, 11) is -2.98. The van der Waals surface area contributed by atoms with Crippen molar-refractivity contribution in [1.29, 1.82) is 0 Å². The van der Waals surface area contributed by atoms with E-state index >= 15 is 0 Å². The molecule has 0 radical (unpaired) electrons. The summed E-state index contributed by atoms with van der Waals surface area (Å²) in [5.74, 6) is 0.402. The van der Waals surface area contributed by atoms with Crippen LogP contribution in [-0.4, -0.2) is 49.1 Å². The predicted molar refractivity (Wildman–Crippen MR) is 95.6 cm³/mol. The summed E-state index contributed by atoms with van der Waals surface area (Å²) in [5.41, 5.74) is 2.22. The summed E-state index contributed by atoms with van der Waals surface area (Å²) in [4.78, 5) is 2.15. The Hall–Kier alpha value is -1.69. The van der Waals surface area contributed by atoms with Crippen LogP contribution in [0.2, 0.25) is 0 Å². The molecule has 0 amide bonds. The molecule has 1 N–H and O–H groups in total. The first kappa shape index (κ1) is 17.1. The maximum absolute atomic E-state index is 12.0. The standard InChI is InChI=1S/C19H23NO3S/c21-13-12-20(18-11-14-24(22,23)15-18)19(16-7-3-1-4-8-16)17-9-5-2-6-10-17/h1-10,18-19,21H,11-15H2/t18-/m1/s1. The van der Waals surface area contributed by atoms with Gasteiger partial charge in [0, 0.05) is 12.6 Å². The smallest absolute Gasteiger partial charge is 0.151 e. The molecule has 24 heavy (non-hydrogen) atoms. The second kappa shape index (κ2) is 7.47. The van der Waals surface area contributed by atoms with Gasteiger partial charge in [-0.1, -0.05) is 60.7 Å². The van der Waals surface area contributed by atoms with Crippen molar-refractivity contribution in [1.82, 2.24) is 4.90 Å². The van der Waals surface area contributed by atoms with E-state index in [4.69, 9.17) is 0 Å². The SMILES string of the molecule is O=S1(=O)CC[C@@H](N(CCO)C(c2ccccc2)c2ccccc2)C1. The topological polar surface area (TPSA) is 57.6 Å². The largest absolute Gasteiger partial charge is 0.395 e. The first-order valence-electron chi connectivity index (χ1n) is 8.27. The van der Waals surface area contributed by atoms with Gasteiger partial charge in [-0.05, 0) is 17.5 Å². The highest BCUT2D eigenvalue weighted by Gasteiger charge is 2.36. The molecule has 1 aliphatic rings. The highest BCUT2D eigenvalue weighted by Crippen LogP contribution is 2.33. The summed E-state index contributed by atoms with van der Waals surface area (Å²) in [5, 5.41) is 9.58. The summed E-state index contributed by atoms with van der Waals surface area (Å²) < 4.78 is 23.9. The average Bonchev–Trinajstić information content (AvgIpc) is 2.96. The van der Waals surface area contributed by atoms with E-state index in [1.807, 2.05) is 36.4 Å². The molecular weight excluding hydrogens is 322 g/mol. The fourth-order valence-electron chi connectivity index (χ4n) is 3.52. The first-order chi connectivity index (χ1) is 11.6. The number of aliphatic hydroxyl groups excluding tert-OH is 1. The van der Waals surface area contributed by atoms with E-state index in [2.05, 4.69) is 29.2 Å². The van der Waals surface area contributed by atoms with E-state index in [1.54, 1.807) is 0 Å². The monoisotopic (exact) mass is 345 g/mol. The van der Waals surface area contributed by atoms with Crippen LogP contribution in [0, 0.1) is 0 Å². The van der Waals surface area contributed by atoms with Gasteiger partial charge in [-0.3, -0.25) is 4.90 Å². The Kier molecular flexibility index (Phi) is 5.33. The van der Waals surface area contributed by atoms with Crippen LogP contribution in [0.25, 0.3) is 0 Å². The van der Waals surface area contributed by atoms with E-state index in [9.17, 15) is 13.5 Å². The lowest BCUT2D eigenvalue weighted by molar-refractivity contribution is 0.130. The van der Waals surface area contributed by atoms with Gasteiger partial charge in [0.2, 0.25) is 0 Å². The minimum atomic E-state index is -2.98. The minimum absolute atomic E-state index is 0.00666. The lowest BCUT2D eigenvalue weighted by Gasteiger charge is -2.36. The lowest BCUT2D eigenvalue weighted by atomic mass is 9.95. The molecule has 0 unspecified atom stereocenters. The number of hydrogen-bond acceptors (Lipinski definition) is 4. The molecule has 0 aliphatic carbocycles. The fraction of sp³-hybridized carbons (Fsp3) is 0.368. The fourth-order valence-corrected chi connectivity index (χ4v) is 5.26. The molecule has 1 fully saturated rings. The number of rotatable bonds is 6. The Balaban J connectivity index is 2.01. The van der Waals surface area contributed by atoms with E-state index in [1.165, 1.54) is 0 Å². The third kappa shape index (κ3) is 3.86. The van der Waals surface area contributed by atoms with Gasteiger partial charge in [-0.2, -0.15) is 0 Å². The maximum Gasteiger partial charge on any atom is 0.151 e. The van der Waals surface area contributed by atoms with Crippen molar-refractivity contribution < 1.29 is 13.5 Å². The van der Waals surface area contributed by atoms with Crippen molar-refractivity contribution in [2.75, 3.05) is 24.7 Å². The van der Waals surface area contributed by atoms with Gasteiger partial charge >= 0.3 is 0 Å². The molecular formula is C19H23NO3S. The Morgan fingerprint density at radius 2 is 1.54 bits per heavy atom. The van der Waals surface area contributed by atoms with E-state index in [0.717, 1.165) is 11.1 Å². The van der Waals surface area contributed by atoms with Gasteiger partial charge in [-0.25, -0.2) is 8.42 Å². The molecule has 2 aromatic carbocycles. The highest BCUT2D eigenvalue weighted by atomic mass is 32.2. The van der Waals surface area contributed by atoms with Gasteiger partial charge in [0.25, 0.3) is 0 Å². The van der Waals surface area contributed by atoms with Gasteiger partial charge in [0.1, 0.15) is 0 Å². The molecule has 1 atom stereocenters. The number of benzene rings is 2. The zero-order chi connectivity index (χ0) is 17.0. The van der Waals surface area contributed by atoms with Crippen LogP contribution in [-0.2, 0) is 9.84 Å². The van der Waals surface area contributed by atoms with Crippen LogP contribution in [0.3, 0.4) is 0 Å². The van der Waals surface area contributed by atoms with Crippen LogP contribution in [0.1, 0.15) is 23.6 Å². The minimum Gasteiger partial charge on any atom is -0.395 e. The quantitative estimate of drug-likeness (QED) is 0.872. The summed E-state index contributed by atoms with van der Waals surface area (Å²) in [6.45, 7) is 0.460. The van der Waals surface area contributed by atoms with Gasteiger partial charge in [0.05, 0.1) is 24.2 Å². The van der Waals surface area contributed by atoms with Crippen molar-refractivity contribution >= 4 is 9.84 Å². The Morgan fingerprint density at radius 3 is 1.96 bits per heavy atom. The van der Waals surface area contributed by atoms with Crippen LogP contribution in [0.5, 0.6) is 0 Å². The van der Waals surface area contributed by atoms with E-state index in [-0.39, 0.29) is 30.2 Å². The highest BCUT2D eigenvalue weighted by molar-refractivity contribution is 7.91. The van der Waals surface area contributed by atoms with Crippen LogP contribution < -0.4 is 0 Å². The van der Waals surface area contributed by atoms with Crippen molar-refractivity contribution in [3.8, 4) is 0 Å². The zero-order valence-electron chi connectivity index (χ0n) is 13.6. The molecule has 0 spiro atoms. The molecule has 0 bridgehead atoms. The second-order valence-corrected chi connectivity index (χ2v) is 8.47. The third-order valence-corrected chi connectivity index (χ3v) is 6.35. The van der Waals surface area contributed by atoms with E-state index < -0.39 is 9.84 Å². The number of nitrogens with zero attached hydrogens (tertiary/aromatic N) is 1. The van der Waals surface area contributed by atoms with Gasteiger partial charge in [0.15, 0.2) is 9.84 Å². The first-order valence-corrected chi connectivity index (χ1v) is 10.1. The van der Waals surface area contributed by atoms with Crippen molar-refractivity contribution in [3.05, 3.63) is 71.8 Å². The third-order valence-electron chi connectivity index (χ3n) is 4.60. The van der Waals surface area contributed by atoms with Crippen molar-refractivity contribution in [3.63, 3.8) is 0 Å². The molecule has 0 saturated carbocycles. The summed E-state index contributed by atoms with van der Waals surface area (Å²) >= 11 is 0. The van der Waals surface area contributed by atoms with Crippen LogP contribution in [0.4, 0.5) is 0 Å². The Labute approximate surface area is 143 Å². The lowest BCUT2D eigenvalue weighted by Crippen LogP contribution is -2.41. The molecule has 5 heteroatoms. The number of hydrogen-bond donors (Lipinski definition) is 1. The number of sulfone groups is 1. The van der Waals surface area contributed by atoms with E-state index in [0.29, 0.717) is 13.0 Å². The van der Waals surface area contributed by atoms with Crippen LogP contribution in [0.15, 0.2) is 60.7 Å². The predicted octanol–water partition coefficient (Wildman–Crippen LogP) is 2.26. The van der Waals surface area contributed by atoms with Gasteiger partial charge < -0.3 is 5.11 Å². The molecule has 2 aromatic rings. The molecule has 0 aromatic heterocycles. The maximum atomic E-state index is 12.0. The van der Waals surface area contributed by atoms with Gasteiger partial charge in [-0.15, -0.1) is 0 Å². The second-order valence-electron chi connectivity index (χ2n) is 6.24. The Morgan fingerprint density at radius 1 is 1.00 bits per heavy atom.